The van der Waals surface area contributed by atoms with E-state index >= 15 is 0 Å². The lowest BCUT2D eigenvalue weighted by molar-refractivity contribution is -0.430. The number of rotatable bonds is 1. The van der Waals surface area contributed by atoms with Gasteiger partial charge in [-0.2, -0.15) is 0 Å². The average molecular weight is 132 g/mol. The molecular formula is C3H8N4O2. The smallest absolute Gasteiger partial charge is 0.333 e. The van der Waals surface area contributed by atoms with Gasteiger partial charge in [-0.05, 0) is 4.92 Å². The minimum atomic E-state index is -0.472. The van der Waals surface area contributed by atoms with E-state index in [0.29, 0.717) is 6.67 Å². The highest BCUT2D eigenvalue weighted by molar-refractivity contribution is 4.92. The Hall–Kier alpha value is -1.30. The van der Waals surface area contributed by atoms with E-state index in [1.165, 1.54) is 6.20 Å². The fourth-order valence-corrected chi connectivity index (χ4v) is 0.458. The van der Waals surface area contributed by atoms with E-state index < -0.39 is 4.92 Å². The average Bonchev–Trinajstić information content (AvgIpc) is 2.12. The summed E-state index contributed by atoms with van der Waals surface area (Å²) in [6.45, 7) is 0.455. The van der Waals surface area contributed by atoms with Crippen molar-refractivity contribution in [1.82, 2.24) is 16.8 Å². The van der Waals surface area contributed by atoms with Crippen LogP contribution in [0, 0.1) is 10.1 Å². The summed E-state index contributed by atoms with van der Waals surface area (Å²) in [5, 5.41) is 15.0. The molecule has 1 aliphatic heterocycles. The molecular weight excluding hydrogens is 124 g/mol. The highest BCUT2D eigenvalue weighted by Crippen LogP contribution is 1.90. The van der Waals surface area contributed by atoms with Crippen LogP contribution in [0.15, 0.2) is 12.0 Å². The van der Waals surface area contributed by atoms with Crippen LogP contribution in [0.3, 0.4) is 0 Å². The van der Waals surface area contributed by atoms with Crippen LogP contribution >= 0.6 is 0 Å². The third-order valence-corrected chi connectivity index (χ3v) is 0.807. The van der Waals surface area contributed by atoms with Gasteiger partial charge in [-0.1, -0.05) is 0 Å². The molecule has 52 valence electrons. The summed E-state index contributed by atoms with van der Waals surface area (Å²) in [7, 11) is 0. The minimum absolute atomic E-state index is 0. The molecule has 0 saturated heterocycles. The Morgan fingerprint density at radius 2 is 2.44 bits per heavy atom. The van der Waals surface area contributed by atoms with Crippen LogP contribution in [0.1, 0.15) is 0 Å². The molecule has 0 fully saturated rings. The SMILES string of the molecule is N.O=[N+]([O-])C1=CNCN1. The maximum atomic E-state index is 9.84. The van der Waals surface area contributed by atoms with Crippen molar-refractivity contribution in [2.75, 3.05) is 6.67 Å². The zero-order valence-electron chi connectivity index (χ0n) is 4.76. The number of nitrogens with one attached hydrogen (secondary N) is 2. The zero-order valence-corrected chi connectivity index (χ0v) is 4.76. The second-order valence-electron chi connectivity index (χ2n) is 1.34. The molecule has 0 aromatic rings. The third-order valence-electron chi connectivity index (χ3n) is 0.807. The topological polar surface area (TPSA) is 102 Å². The molecule has 6 heteroatoms. The molecule has 0 unspecified atom stereocenters. The number of hydrogen-bond donors (Lipinski definition) is 3. The van der Waals surface area contributed by atoms with Crippen molar-refractivity contribution in [1.29, 1.82) is 0 Å². The molecule has 5 N–H and O–H groups in total. The molecule has 1 heterocycles. The van der Waals surface area contributed by atoms with Gasteiger partial charge in [-0.15, -0.1) is 0 Å². The molecule has 0 amide bonds. The molecule has 0 aromatic carbocycles. The molecule has 0 aromatic heterocycles. The van der Waals surface area contributed by atoms with Crippen molar-refractivity contribution in [2.24, 2.45) is 0 Å². The summed E-state index contributed by atoms with van der Waals surface area (Å²) in [6.07, 6.45) is 1.33. The maximum Gasteiger partial charge on any atom is 0.333 e. The highest BCUT2D eigenvalue weighted by atomic mass is 16.6. The van der Waals surface area contributed by atoms with Gasteiger partial charge in [0.15, 0.2) is 6.67 Å². The summed E-state index contributed by atoms with van der Waals surface area (Å²) in [5.74, 6) is 0.0324. The molecule has 0 saturated carbocycles. The Balaban J connectivity index is 0.000000640. The predicted molar refractivity (Wildman–Crippen MR) is 31.2 cm³/mol. The lowest BCUT2D eigenvalue weighted by Gasteiger charge is -1.90. The first-order chi connectivity index (χ1) is 3.80. The first-order valence-corrected chi connectivity index (χ1v) is 2.12. The van der Waals surface area contributed by atoms with Crippen LogP contribution in [-0.2, 0) is 0 Å². The van der Waals surface area contributed by atoms with Crippen molar-refractivity contribution >= 4 is 0 Å². The van der Waals surface area contributed by atoms with Gasteiger partial charge in [0, 0.05) is 0 Å². The Kier molecular flexibility index (Phi) is 2.46. The first-order valence-electron chi connectivity index (χ1n) is 2.12. The summed E-state index contributed by atoms with van der Waals surface area (Å²) in [4.78, 5) is 9.36. The van der Waals surface area contributed by atoms with Crippen molar-refractivity contribution in [3.8, 4) is 0 Å². The normalized spacial score (nSPS) is 14.4. The van der Waals surface area contributed by atoms with E-state index in [-0.39, 0.29) is 12.0 Å². The Bertz CT molecular complexity index is 143. The van der Waals surface area contributed by atoms with Crippen LogP contribution in [0.5, 0.6) is 0 Å². The van der Waals surface area contributed by atoms with Gasteiger partial charge in [0.25, 0.3) is 0 Å². The van der Waals surface area contributed by atoms with Crippen molar-refractivity contribution in [3.63, 3.8) is 0 Å². The van der Waals surface area contributed by atoms with Crippen LogP contribution in [-0.4, -0.2) is 11.6 Å². The van der Waals surface area contributed by atoms with Gasteiger partial charge in [0.05, 0.1) is 6.20 Å². The van der Waals surface area contributed by atoms with Gasteiger partial charge in [-0.3, -0.25) is 5.32 Å². The summed E-state index contributed by atoms with van der Waals surface area (Å²) < 4.78 is 0. The highest BCUT2D eigenvalue weighted by Gasteiger charge is 2.10. The summed E-state index contributed by atoms with van der Waals surface area (Å²) in [6, 6.07) is 0. The quantitative estimate of drug-likeness (QED) is 0.325. The van der Waals surface area contributed by atoms with Crippen LogP contribution in [0.25, 0.3) is 0 Å². The van der Waals surface area contributed by atoms with Gasteiger partial charge < -0.3 is 21.6 Å². The third kappa shape index (κ3) is 1.57. The van der Waals surface area contributed by atoms with E-state index in [2.05, 4.69) is 10.6 Å². The Morgan fingerprint density at radius 1 is 1.78 bits per heavy atom. The largest absolute Gasteiger partial charge is 0.358 e. The van der Waals surface area contributed by atoms with Crippen LogP contribution in [0.2, 0.25) is 0 Å². The summed E-state index contributed by atoms with van der Waals surface area (Å²) >= 11 is 0. The number of nitro groups is 1. The van der Waals surface area contributed by atoms with E-state index in [9.17, 15) is 10.1 Å². The second kappa shape index (κ2) is 2.88. The van der Waals surface area contributed by atoms with Crippen LogP contribution in [0.4, 0.5) is 0 Å². The van der Waals surface area contributed by atoms with Crippen LogP contribution < -0.4 is 16.8 Å². The van der Waals surface area contributed by atoms with Crippen molar-refractivity contribution < 1.29 is 4.92 Å². The Morgan fingerprint density at radius 3 is 2.67 bits per heavy atom. The van der Waals surface area contributed by atoms with Crippen molar-refractivity contribution in [3.05, 3.63) is 22.1 Å². The lowest BCUT2D eigenvalue weighted by atomic mass is 10.8. The van der Waals surface area contributed by atoms with E-state index in [4.69, 9.17) is 0 Å². The number of nitrogens with zero attached hydrogens (tertiary/aromatic N) is 1. The molecule has 1 rings (SSSR count). The molecule has 0 aliphatic carbocycles. The predicted octanol–water partition coefficient (Wildman–Crippen LogP) is -0.626. The second-order valence-corrected chi connectivity index (χ2v) is 1.34. The molecule has 0 spiro atoms. The molecule has 0 atom stereocenters. The molecule has 0 radical (unpaired) electrons. The zero-order chi connectivity index (χ0) is 5.98. The number of hydrogen-bond acceptors (Lipinski definition) is 5. The molecule has 1 aliphatic rings. The van der Waals surface area contributed by atoms with E-state index in [1.54, 1.807) is 0 Å². The van der Waals surface area contributed by atoms with E-state index in [1.807, 2.05) is 0 Å². The van der Waals surface area contributed by atoms with Gasteiger partial charge in [0.1, 0.15) is 0 Å². The molecule has 9 heavy (non-hydrogen) atoms. The molecule has 0 bridgehead atoms. The standard InChI is InChI=1S/C3H5N3O2.H3N/c7-6(8)3-1-4-2-5-3;/h1,4-5H,2H2;1H3. The fourth-order valence-electron chi connectivity index (χ4n) is 0.458. The maximum absolute atomic E-state index is 9.84. The van der Waals surface area contributed by atoms with E-state index in [0.717, 1.165) is 0 Å². The fraction of sp³-hybridized carbons (Fsp3) is 0.333. The first kappa shape index (κ1) is 7.70. The monoisotopic (exact) mass is 132 g/mol. The lowest BCUT2D eigenvalue weighted by Crippen LogP contribution is -2.17. The molecule has 6 nitrogen and oxygen atoms in total. The van der Waals surface area contributed by atoms with Gasteiger partial charge >= 0.3 is 5.82 Å². The van der Waals surface area contributed by atoms with Crippen molar-refractivity contribution in [2.45, 2.75) is 0 Å². The minimum Gasteiger partial charge on any atom is -0.358 e. The summed E-state index contributed by atoms with van der Waals surface area (Å²) in [5.41, 5.74) is 0. The van der Waals surface area contributed by atoms with Gasteiger partial charge in [0.2, 0.25) is 0 Å². The van der Waals surface area contributed by atoms with Gasteiger partial charge in [-0.25, -0.2) is 0 Å². The Labute approximate surface area is 51.7 Å².